The Balaban J connectivity index is 1.95. The van der Waals surface area contributed by atoms with E-state index in [9.17, 15) is 0 Å². The van der Waals surface area contributed by atoms with Crippen LogP contribution in [0.3, 0.4) is 0 Å². The number of rotatable bonds is 0. The molecule has 0 saturated heterocycles. The lowest BCUT2D eigenvalue weighted by Gasteiger charge is -2.32. The van der Waals surface area contributed by atoms with Crippen LogP contribution in [-0.4, -0.2) is 45.2 Å². The fourth-order valence-electron chi connectivity index (χ4n) is 1.98. The maximum Gasteiger partial charge on any atom is 0.135 e. The van der Waals surface area contributed by atoms with Crippen LogP contribution in [0, 0.1) is 0 Å². The fourth-order valence-corrected chi connectivity index (χ4v) is 1.98. The van der Waals surface area contributed by atoms with Crippen molar-refractivity contribution in [2.45, 2.75) is 18.9 Å². The predicted molar refractivity (Wildman–Crippen MR) is 74.0 cm³/mol. The van der Waals surface area contributed by atoms with Crippen LogP contribution < -0.4 is 0 Å². The average Bonchev–Trinajstić information content (AvgIpc) is 2.46. The molecule has 112 valence electrons. The summed E-state index contributed by atoms with van der Waals surface area (Å²) < 4.78 is 27.6. The van der Waals surface area contributed by atoms with E-state index in [0.29, 0.717) is 39.6 Å². The lowest BCUT2D eigenvalue weighted by Crippen LogP contribution is -2.34. The molecule has 1 atom stereocenters. The van der Waals surface area contributed by atoms with Crippen LogP contribution in [0.15, 0.2) is 36.5 Å². The van der Waals surface area contributed by atoms with Crippen molar-refractivity contribution in [3.8, 4) is 0 Å². The predicted octanol–water partition coefficient (Wildman–Crippen LogP) is 2.16. The molecule has 0 amide bonds. The molecule has 0 aromatic rings. The highest BCUT2D eigenvalue weighted by molar-refractivity contribution is 5.23. The Bertz CT molecular complexity index is 374. The lowest BCUT2D eigenvalue weighted by atomic mass is 9.95. The van der Waals surface area contributed by atoms with Gasteiger partial charge in [-0.05, 0) is 13.0 Å². The van der Waals surface area contributed by atoms with Crippen molar-refractivity contribution in [2.75, 3.05) is 39.6 Å². The second-order valence-corrected chi connectivity index (χ2v) is 4.73. The van der Waals surface area contributed by atoms with Gasteiger partial charge in [0.2, 0.25) is 0 Å². The minimum Gasteiger partial charge on any atom is -0.496 e. The molecule has 0 saturated carbocycles. The van der Waals surface area contributed by atoms with Gasteiger partial charge in [-0.3, -0.25) is 0 Å². The van der Waals surface area contributed by atoms with Gasteiger partial charge < -0.3 is 23.7 Å². The zero-order chi connectivity index (χ0) is 14.1. The Hall–Kier alpha value is -1.30. The maximum atomic E-state index is 5.92. The van der Waals surface area contributed by atoms with Crippen LogP contribution >= 0.6 is 0 Å². The summed E-state index contributed by atoms with van der Waals surface area (Å²) in [7, 11) is 0. The summed E-state index contributed by atoms with van der Waals surface area (Å²) in [6.07, 6.45) is 9.78. The van der Waals surface area contributed by atoms with Crippen molar-refractivity contribution in [1.82, 2.24) is 0 Å². The van der Waals surface area contributed by atoms with Crippen molar-refractivity contribution in [3.05, 3.63) is 36.5 Å². The molecule has 2 aliphatic rings. The molecule has 20 heavy (non-hydrogen) atoms. The van der Waals surface area contributed by atoms with E-state index in [-0.39, 0.29) is 0 Å². The SMILES string of the molecule is CC12CC=CC=C1O/C=C\OCCOCCOCCO2. The Morgan fingerprint density at radius 2 is 1.70 bits per heavy atom. The maximum absolute atomic E-state index is 5.92. The first-order valence-electron chi connectivity index (χ1n) is 6.91. The Labute approximate surface area is 119 Å². The van der Waals surface area contributed by atoms with Crippen molar-refractivity contribution in [3.63, 3.8) is 0 Å². The van der Waals surface area contributed by atoms with E-state index in [1.165, 1.54) is 12.5 Å². The molecular weight excluding hydrogens is 260 g/mol. The summed E-state index contributed by atoms with van der Waals surface area (Å²) in [5, 5.41) is 0. The summed E-state index contributed by atoms with van der Waals surface area (Å²) in [5.41, 5.74) is -0.459. The van der Waals surface area contributed by atoms with Gasteiger partial charge in [0.25, 0.3) is 0 Å². The first kappa shape index (κ1) is 15.1. The van der Waals surface area contributed by atoms with Gasteiger partial charge in [0.1, 0.15) is 30.5 Å². The average molecular weight is 282 g/mol. The molecule has 0 radical (unpaired) electrons. The van der Waals surface area contributed by atoms with Gasteiger partial charge in [0.05, 0.1) is 33.0 Å². The quantitative estimate of drug-likeness (QED) is 0.681. The van der Waals surface area contributed by atoms with Crippen LogP contribution in [-0.2, 0) is 23.7 Å². The van der Waals surface area contributed by atoms with Crippen LogP contribution in [0.25, 0.3) is 0 Å². The van der Waals surface area contributed by atoms with Crippen LogP contribution in [0.4, 0.5) is 0 Å². The second kappa shape index (κ2) is 8.09. The van der Waals surface area contributed by atoms with Crippen molar-refractivity contribution >= 4 is 0 Å². The highest BCUT2D eigenvalue weighted by Gasteiger charge is 2.31. The molecule has 1 heterocycles. The molecule has 0 spiro atoms. The molecule has 0 fully saturated rings. The minimum atomic E-state index is -0.459. The summed E-state index contributed by atoms with van der Waals surface area (Å²) in [5.74, 6) is 0.769. The monoisotopic (exact) mass is 282 g/mol. The zero-order valence-corrected chi connectivity index (χ0v) is 11.9. The van der Waals surface area contributed by atoms with E-state index in [1.807, 2.05) is 19.1 Å². The standard InChI is InChI=1S/C15H22O5/c1-15-5-3-2-4-14(15)19-12-10-17-8-6-16-7-9-18-11-13-20-15/h2-4,10,12H,5-9,11,13H2,1H3/b12-10-. The van der Waals surface area contributed by atoms with E-state index >= 15 is 0 Å². The normalized spacial score (nSPS) is 30.8. The Morgan fingerprint density at radius 1 is 0.950 bits per heavy atom. The number of hydrogen-bond donors (Lipinski definition) is 0. The third-order valence-electron chi connectivity index (χ3n) is 3.12. The number of ether oxygens (including phenoxy) is 5. The molecule has 0 N–H and O–H groups in total. The van der Waals surface area contributed by atoms with Crippen LogP contribution in [0.1, 0.15) is 13.3 Å². The summed E-state index contributed by atoms with van der Waals surface area (Å²) >= 11 is 0. The topological polar surface area (TPSA) is 46.2 Å². The molecule has 5 nitrogen and oxygen atoms in total. The molecule has 5 heteroatoms. The van der Waals surface area contributed by atoms with Gasteiger partial charge in [0, 0.05) is 6.42 Å². The third-order valence-corrected chi connectivity index (χ3v) is 3.12. The van der Waals surface area contributed by atoms with Crippen molar-refractivity contribution < 1.29 is 23.7 Å². The van der Waals surface area contributed by atoms with E-state index < -0.39 is 5.60 Å². The first-order chi connectivity index (χ1) is 9.81. The van der Waals surface area contributed by atoms with Gasteiger partial charge in [-0.1, -0.05) is 12.2 Å². The van der Waals surface area contributed by atoms with Gasteiger partial charge in [-0.25, -0.2) is 0 Å². The highest BCUT2D eigenvalue weighted by atomic mass is 16.6. The van der Waals surface area contributed by atoms with Gasteiger partial charge >= 0.3 is 0 Å². The van der Waals surface area contributed by atoms with Gasteiger partial charge in [0.15, 0.2) is 0 Å². The number of fused-ring (bicyclic) bond motifs is 1. The summed E-state index contributed by atoms with van der Waals surface area (Å²) in [4.78, 5) is 0. The largest absolute Gasteiger partial charge is 0.496 e. The lowest BCUT2D eigenvalue weighted by molar-refractivity contribution is -0.0599. The van der Waals surface area contributed by atoms with E-state index in [0.717, 1.165) is 12.2 Å². The fraction of sp³-hybridized carbons (Fsp3) is 0.600. The molecule has 1 unspecified atom stereocenters. The third kappa shape index (κ3) is 4.67. The number of allylic oxidation sites excluding steroid dienone is 2. The highest BCUT2D eigenvalue weighted by Crippen LogP contribution is 2.30. The Morgan fingerprint density at radius 3 is 2.55 bits per heavy atom. The zero-order valence-electron chi connectivity index (χ0n) is 11.9. The minimum absolute atomic E-state index is 0.459. The van der Waals surface area contributed by atoms with Crippen LogP contribution in [0.2, 0.25) is 0 Å². The molecule has 2 rings (SSSR count). The molecule has 0 aromatic carbocycles. The van der Waals surface area contributed by atoms with Crippen LogP contribution in [0.5, 0.6) is 0 Å². The van der Waals surface area contributed by atoms with Crippen molar-refractivity contribution in [1.29, 1.82) is 0 Å². The second-order valence-electron chi connectivity index (χ2n) is 4.73. The molecule has 1 aliphatic carbocycles. The van der Waals surface area contributed by atoms with E-state index in [4.69, 9.17) is 23.7 Å². The smallest absolute Gasteiger partial charge is 0.135 e. The van der Waals surface area contributed by atoms with Crippen molar-refractivity contribution in [2.24, 2.45) is 0 Å². The first-order valence-corrected chi connectivity index (χ1v) is 6.91. The Kier molecular flexibility index (Phi) is 6.11. The van der Waals surface area contributed by atoms with Gasteiger partial charge in [-0.15, -0.1) is 0 Å². The molecule has 0 bridgehead atoms. The summed E-state index contributed by atoms with van der Waals surface area (Å²) in [6, 6.07) is 0. The summed E-state index contributed by atoms with van der Waals surface area (Å²) in [6.45, 7) is 5.23. The molecular formula is C15H22O5. The van der Waals surface area contributed by atoms with E-state index in [1.54, 1.807) is 0 Å². The molecule has 0 aromatic heterocycles. The molecule has 1 aliphatic heterocycles. The number of hydrogen-bond acceptors (Lipinski definition) is 5. The van der Waals surface area contributed by atoms with Gasteiger partial charge in [-0.2, -0.15) is 0 Å². The van der Waals surface area contributed by atoms with E-state index in [2.05, 4.69) is 6.08 Å².